The van der Waals surface area contributed by atoms with E-state index in [1.54, 1.807) is 6.92 Å². The summed E-state index contributed by atoms with van der Waals surface area (Å²) < 4.78 is 14.4. The first-order valence-electron chi connectivity index (χ1n) is 8.62. The number of esters is 3. The van der Waals surface area contributed by atoms with E-state index in [1.165, 1.54) is 14.2 Å². The first kappa shape index (κ1) is 20.9. The van der Waals surface area contributed by atoms with Gasteiger partial charge in [-0.2, -0.15) is 0 Å². The minimum atomic E-state index is -0.688. The van der Waals surface area contributed by atoms with Crippen molar-refractivity contribution in [2.24, 2.45) is 5.92 Å². The Morgan fingerprint density at radius 1 is 1.07 bits per heavy atom. The summed E-state index contributed by atoms with van der Waals surface area (Å²) >= 11 is 0.903. The molecule has 1 aromatic rings. The molecule has 8 nitrogen and oxygen atoms in total. The van der Waals surface area contributed by atoms with Gasteiger partial charge in [-0.1, -0.05) is 12.8 Å². The van der Waals surface area contributed by atoms with Crippen LogP contribution in [0.5, 0.6) is 0 Å². The third-order valence-electron chi connectivity index (χ3n) is 4.45. The van der Waals surface area contributed by atoms with E-state index in [1.807, 2.05) is 0 Å². The van der Waals surface area contributed by atoms with E-state index in [2.05, 4.69) is 10.1 Å². The molecule has 148 valence electrons. The van der Waals surface area contributed by atoms with Crippen LogP contribution < -0.4 is 5.32 Å². The van der Waals surface area contributed by atoms with Gasteiger partial charge in [0.25, 0.3) is 5.91 Å². The molecule has 1 saturated carbocycles. The minimum Gasteiger partial charge on any atom is -0.465 e. The van der Waals surface area contributed by atoms with Gasteiger partial charge in [-0.15, -0.1) is 11.3 Å². The number of rotatable bonds is 7. The molecule has 9 heteroatoms. The fourth-order valence-electron chi connectivity index (χ4n) is 3.05. The van der Waals surface area contributed by atoms with Crippen LogP contribution in [0.15, 0.2) is 0 Å². The Balaban J connectivity index is 2.02. The summed E-state index contributed by atoms with van der Waals surface area (Å²) in [6.45, 7) is 1.10. The van der Waals surface area contributed by atoms with E-state index >= 15 is 0 Å². The summed E-state index contributed by atoms with van der Waals surface area (Å²) in [5.41, 5.74) is 0.431. The molecule has 0 aliphatic heterocycles. The van der Waals surface area contributed by atoms with Crippen molar-refractivity contribution in [3.05, 3.63) is 16.0 Å². The number of ether oxygens (including phenoxy) is 3. The second kappa shape index (κ2) is 9.50. The summed E-state index contributed by atoms with van der Waals surface area (Å²) in [4.78, 5) is 48.0. The van der Waals surface area contributed by atoms with E-state index in [4.69, 9.17) is 9.47 Å². The monoisotopic (exact) mass is 397 g/mol. The smallest absolute Gasteiger partial charge is 0.348 e. The number of carbonyl (C=O) groups excluding carboxylic acids is 4. The fraction of sp³-hybridized carbons (Fsp3) is 0.556. The minimum absolute atomic E-state index is 0.0773. The highest BCUT2D eigenvalue weighted by Crippen LogP contribution is 2.34. The van der Waals surface area contributed by atoms with Crippen molar-refractivity contribution in [1.82, 2.24) is 0 Å². The van der Waals surface area contributed by atoms with Crippen LogP contribution in [0.25, 0.3) is 0 Å². The van der Waals surface area contributed by atoms with E-state index in [0.717, 1.165) is 37.0 Å². The van der Waals surface area contributed by atoms with Crippen molar-refractivity contribution in [3.8, 4) is 0 Å². The Morgan fingerprint density at radius 2 is 1.70 bits per heavy atom. The third-order valence-corrected chi connectivity index (χ3v) is 5.64. The maximum absolute atomic E-state index is 12.1. The van der Waals surface area contributed by atoms with E-state index in [9.17, 15) is 19.2 Å². The van der Waals surface area contributed by atoms with Crippen LogP contribution in [0.1, 0.15) is 57.7 Å². The van der Waals surface area contributed by atoms with E-state index in [-0.39, 0.29) is 15.4 Å². The highest BCUT2D eigenvalue weighted by atomic mass is 32.1. The summed E-state index contributed by atoms with van der Waals surface area (Å²) in [7, 11) is 2.43. The van der Waals surface area contributed by atoms with Crippen molar-refractivity contribution in [2.45, 2.75) is 39.0 Å². The van der Waals surface area contributed by atoms with Crippen LogP contribution in [0.4, 0.5) is 5.00 Å². The number of anilines is 1. The second-order valence-electron chi connectivity index (χ2n) is 6.31. The van der Waals surface area contributed by atoms with Gasteiger partial charge < -0.3 is 19.5 Å². The predicted octanol–water partition coefficient (Wildman–Crippen LogP) is 2.69. The molecule has 0 saturated heterocycles. The van der Waals surface area contributed by atoms with Gasteiger partial charge in [0.2, 0.25) is 0 Å². The molecule has 27 heavy (non-hydrogen) atoms. The Morgan fingerprint density at radius 3 is 2.30 bits per heavy atom. The maximum atomic E-state index is 12.1. The van der Waals surface area contributed by atoms with Crippen LogP contribution in [-0.2, 0) is 23.8 Å². The largest absolute Gasteiger partial charge is 0.465 e. The average Bonchev–Trinajstić information content (AvgIpc) is 3.26. The molecule has 1 N–H and O–H groups in total. The zero-order chi connectivity index (χ0) is 20.0. The number of thiophene rings is 1. The van der Waals surface area contributed by atoms with Crippen LogP contribution in [0.2, 0.25) is 0 Å². The molecule has 0 atom stereocenters. The predicted molar refractivity (Wildman–Crippen MR) is 97.9 cm³/mol. The first-order chi connectivity index (χ1) is 12.9. The molecule has 0 aromatic carbocycles. The highest BCUT2D eigenvalue weighted by Gasteiger charge is 2.27. The Kier molecular flexibility index (Phi) is 7.35. The van der Waals surface area contributed by atoms with Crippen molar-refractivity contribution < 1.29 is 33.4 Å². The summed E-state index contributed by atoms with van der Waals surface area (Å²) in [6, 6.07) is 0. The number of methoxy groups -OCH3 is 2. The summed E-state index contributed by atoms with van der Waals surface area (Å²) in [5.74, 6) is -1.99. The standard InChI is InChI=1S/C18H23NO7S/c1-10-14(17(22)24-2)16(27-15(10)18(23)25-3)19-12(20)9-26-13(21)8-11-6-4-5-7-11/h11H,4-9H2,1-3H3,(H,19,20). The topological polar surface area (TPSA) is 108 Å². The van der Waals surface area contributed by atoms with Crippen LogP contribution >= 0.6 is 11.3 Å². The maximum Gasteiger partial charge on any atom is 0.348 e. The quantitative estimate of drug-likeness (QED) is 0.557. The molecule has 0 bridgehead atoms. The Bertz CT molecular complexity index is 734. The lowest BCUT2D eigenvalue weighted by molar-refractivity contribution is -0.148. The number of carbonyl (C=O) groups is 4. The van der Waals surface area contributed by atoms with E-state index < -0.39 is 30.4 Å². The van der Waals surface area contributed by atoms with Gasteiger partial charge in [0.1, 0.15) is 9.88 Å². The van der Waals surface area contributed by atoms with Crippen molar-refractivity contribution in [3.63, 3.8) is 0 Å². The molecular weight excluding hydrogens is 374 g/mol. The molecule has 1 fully saturated rings. The molecule has 1 aliphatic carbocycles. The number of hydrogen-bond donors (Lipinski definition) is 1. The molecular formula is C18H23NO7S. The molecule has 1 aromatic heterocycles. The summed E-state index contributed by atoms with van der Waals surface area (Å²) in [5, 5.41) is 2.66. The SMILES string of the molecule is COC(=O)c1sc(NC(=O)COC(=O)CC2CCCC2)c(C(=O)OC)c1C. The highest BCUT2D eigenvalue weighted by molar-refractivity contribution is 7.18. The number of amides is 1. The molecule has 0 unspecified atom stereocenters. The van der Waals surface area contributed by atoms with Gasteiger partial charge in [-0.25, -0.2) is 9.59 Å². The van der Waals surface area contributed by atoms with Gasteiger partial charge in [0.15, 0.2) is 6.61 Å². The average molecular weight is 397 g/mol. The second-order valence-corrected chi connectivity index (χ2v) is 7.33. The number of nitrogens with one attached hydrogen (secondary N) is 1. The molecule has 0 radical (unpaired) electrons. The van der Waals surface area contributed by atoms with Gasteiger partial charge in [0.05, 0.1) is 19.8 Å². The molecule has 1 amide bonds. The fourth-order valence-corrected chi connectivity index (χ4v) is 4.18. The molecule has 0 spiro atoms. The van der Waals surface area contributed by atoms with Gasteiger partial charge in [-0.05, 0) is 31.2 Å². The van der Waals surface area contributed by atoms with Gasteiger partial charge in [0, 0.05) is 6.42 Å². The first-order valence-corrected chi connectivity index (χ1v) is 9.44. The number of hydrogen-bond acceptors (Lipinski definition) is 8. The normalized spacial score (nSPS) is 13.9. The van der Waals surface area contributed by atoms with Crippen LogP contribution in [-0.4, -0.2) is 44.6 Å². The van der Waals surface area contributed by atoms with Crippen molar-refractivity contribution in [2.75, 3.05) is 26.1 Å². The molecule has 2 rings (SSSR count). The zero-order valence-corrected chi connectivity index (χ0v) is 16.4. The Hall–Kier alpha value is -2.42. The summed E-state index contributed by atoms with van der Waals surface area (Å²) in [6.07, 6.45) is 4.57. The Labute approximate surface area is 161 Å². The van der Waals surface area contributed by atoms with Gasteiger partial charge >= 0.3 is 17.9 Å². The van der Waals surface area contributed by atoms with Gasteiger partial charge in [-0.3, -0.25) is 9.59 Å². The lowest BCUT2D eigenvalue weighted by Crippen LogP contribution is -2.22. The van der Waals surface area contributed by atoms with Crippen LogP contribution in [0.3, 0.4) is 0 Å². The lowest BCUT2D eigenvalue weighted by Gasteiger charge is -2.09. The zero-order valence-electron chi connectivity index (χ0n) is 15.6. The molecule has 1 aliphatic rings. The third kappa shape index (κ3) is 5.29. The van der Waals surface area contributed by atoms with Crippen LogP contribution in [0, 0.1) is 12.8 Å². The van der Waals surface area contributed by atoms with Crippen molar-refractivity contribution >= 4 is 40.2 Å². The van der Waals surface area contributed by atoms with Crippen molar-refractivity contribution in [1.29, 1.82) is 0 Å². The molecule has 1 heterocycles. The lowest BCUT2D eigenvalue weighted by atomic mass is 10.1. The van der Waals surface area contributed by atoms with E-state index in [0.29, 0.717) is 17.9 Å².